The highest BCUT2D eigenvalue weighted by molar-refractivity contribution is 5.95. The highest BCUT2D eigenvalue weighted by atomic mass is 16.1. The minimum absolute atomic E-state index is 0.409. The van der Waals surface area contributed by atoms with Gasteiger partial charge in [-0.25, -0.2) is 0 Å². The zero-order valence-corrected chi connectivity index (χ0v) is 11.0. The van der Waals surface area contributed by atoms with Crippen LogP contribution in [0.2, 0.25) is 0 Å². The Hall–Kier alpha value is -1.71. The number of amides is 1. The molecule has 0 aromatic heterocycles. The van der Waals surface area contributed by atoms with E-state index in [1.165, 1.54) is 6.42 Å². The van der Waals surface area contributed by atoms with Crippen LogP contribution in [-0.4, -0.2) is 18.0 Å². The molecule has 4 N–H and O–H groups in total. The maximum Gasteiger partial charge on any atom is 0.248 e. The standard InChI is InChI=1S/C14H21N3O/c1-9-4-3-5-10(2)17(9)13-8-11(14(16)18)6-7-12(13)15/h6-10H,3-5,15H2,1-2H3,(H2,16,18)/t9-,10+. The summed E-state index contributed by atoms with van der Waals surface area (Å²) in [6.45, 7) is 4.40. The number of nitrogens with two attached hydrogens (primary N) is 2. The average Bonchev–Trinajstić information content (AvgIpc) is 2.30. The Morgan fingerprint density at radius 2 is 1.89 bits per heavy atom. The van der Waals surface area contributed by atoms with Gasteiger partial charge in [-0.2, -0.15) is 0 Å². The molecule has 0 saturated carbocycles. The van der Waals surface area contributed by atoms with E-state index in [-0.39, 0.29) is 0 Å². The van der Waals surface area contributed by atoms with Crippen molar-refractivity contribution >= 4 is 17.3 Å². The lowest BCUT2D eigenvalue weighted by molar-refractivity contribution is 0.100. The number of primary amides is 1. The van der Waals surface area contributed by atoms with Crippen molar-refractivity contribution < 1.29 is 4.79 Å². The number of carbonyl (C=O) groups is 1. The number of carbonyl (C=O) groups excluding carboxylic acids is 1. The molecular formula is C14H21N3O. The van der Waals surface area contributed by atoms with E-state index >= 15 is 0 Å². The molecule has 4 nitrogen and oxygen atoms in total. The van der Waals surface area contributed by atoms with Gasteiger partial charge in [-0.15, -0.1) is 0 Å². The van der Waals surface area contributed by atoms with Crippen molar-refractivity contribution in [3.05, 3.63) is 23.8 Å². The average molecular weight is 247 g/mol. The largest absolute Gasteiger partial charge is 0.397 e. The summed E-state index contributed by atoms with van der Waals surface area (Å²) in [7, 11) is 0. The molecule has 1 amide bonds. The molecule has 1 saturated heterocycles. The molecule has 0 radical (unpaired) electrons. The maximum atomic E-state index is 11.3. The van der Waals surface area contributed by atoms with E-state index < -0.39 is 5.91 Å². The highest BCUT2D eigenvalue weighted by Gasteiger charge is 2.26. The van der Waals surface area contributed by atoms with Crippen molar-refractivity contribution in [3.63, 3.8) is 0 Å². The van der Waals surface area contributed by atoms with Crippen LogP contribution in [0.5, 0.6) is 0 Å². The van der Waals surface area contributed by atoms with E-state index in [2.05, 4.69) is 18.7 Å². The highest BCUT2D eigenvalue weighted by Crippen LogP contribution is 2.33. The molecule has 1 aromatic rings. The van der Waals surface area contributed by atoms with Gasteiger partial charge in [-0.05, 0) is 51.3 Å². The number of hydrogen-bond donors (Lipinski definition) is 2. The Labute approximate surface area is 108 Å². The zero-order valence-electron chi connectivity index (χ0n) is 11.0. The normalized spacial score (nSPS) is 24.0. The van der Waals surface area contributed by atoms with Gasteiger partial charge in [0.25, 0.3) is 0 Å². The van der Waals surface area contributed by atoms with Gasteiger partial charge in [0.15, 0.2) is 0 Å². The van der Waals surface area contributed by atoms with Gasteiger partial charge < -0.3 is 16.4 Å². The van der Waals surface area contributed by atoms with Gasteiger partial charge >= 0.3 is 0 Å². The van der Waals surface area contributed by atoms with Crippen molar-refractivity contribution in [2.75, 3.05) is 10.6 Å². The van der Waals surface area contributed by atoms with Crippen LogP contribution in [-0.2, 0) is 0 Å². The summed E-state index contributed by atoms with van der Waals surface area (Å²) in [4.78, 5) is 13.6. The molecule has 1 fully saturated rings. The topological polar surface area (TPSA) is 72.3 Å². The molecule has 1 heterocycles. The Morgan fingerprint density at radius 1 is 1.28 bits per heavy atom. The SMILES string of the molecule is C[C@@H]1CCC[C@H](C)N1c1cc(C(N)=O)ccc1N. The number of benzene rings is 1. The summed E-state index contributed by atoms with van der Waals surface area (Å²) in [6.07, 6.45) is 3.56. The predicted molar refractivity (Wildman–Crippen MR) is 74.6 cm³/mol. The van der Waals surface area contributed by atoms with Gasteiger partial charge in [0.1, 0.15) is 0 Å². The first-order valence-corrected chi connectivity index (χ1v) is 6.48. The Balaban J connectivity index is 2.41. The molecule has 1 aliphatic rings. The van der Waals surface area contributed by atoms with E-state index in [0.29, 0.717) is 23.3 Å². The van der Waals surface area contributed by atoms with E-state index in [0.717, 1.165) is 18.5 Å². The number of rotatable bonds is 2. The molecule has 1 aromatic carbocycles. The van der Waals surface area contributed by atoms with E-state index in [1.807, 2.05) is 6.07 Å². The summed E-state index contributed by atoms with van der Waals surface area (Å²) in [5.41, 5.74) is 13.5. The number of hydrogen-bond acceptors (Lipinski definition) is 3. The molecule has 0 bridgehead atoms. The van der Waals surface area contributed by atoms with Gasteiger partial charge in [0.2, 0.25) is 5.91 Å². The van der Waals surface area contributed by atoms with Gasteiger partial charge in [-0.3, -0.25) is 4.79 Å². The monoisotopic (exact) mass is 247 g/mol. The second-order valence-corrected chi connectivity index (χ2v) is 5.17. The lowest BCUT2D eigenvalue weighted by Crippen LogP contribution is -2.44. The summed E-state index contributed by atoms with van der Waals surface area (Å²) in [6, 6.07) is 6.15. The fourth-order valence-corrected chi connectivity index (χ4v) is 2.82. The van der Waals surface area contributed by atoms with Crippen molar-refractivity contribution in [1.29, 1.82) is 0 Å². The summed E-state index contributed by atoms with van der Waals surface area (Å²) in [5, 5.41) is 0. The van der Waals surface area contributed by atoms with Gasteiger partial charge in [-0.1, -0.05) is 0 Å². The fourth-order valence-electron chi connectivity index (χ4n) is 2.82. The second-order valence-electron chi connectivity index (χ2n) is 5.17. The summed E-state index contributed by atoms with van der Waals surface area (Å²) in [5.74, 6) is -0.409. The minimum atomic E-state index is -0.409. The molecule has 98 valence electrons. The van der Waals surface area contributed by atoms with Crippen LogP contribution in [0.4, 0.5) is 11.4 Å². The lowest BCUT2D eigenvalue weighted by Gasteiger charge is -2.41. The van der Waals surface area contributed by atoms with Crippen LogP contribution >= 0.6 is 0 Å². The van der Waals surface area contributed by atoms with Crippen LogP contribution in [0.1, 0.15) is 43.5 Å². The Morgan fingerprint density at radius 3 is 2.44 bits per heavy atom. The molecule has 0 spiro atoms. The molecule has 0 aliphatic carbocycles. The lowest BCUT2D eigenvalue weighted by atomic mass is 9.96. The first-order valence-electron chi connectivity index (χ1n) is 6.48. The van der Waals surface area contributed by atoms with Crippen LogP contribution in [0.3, 0.4) is 0 Å². The summed E-state index contributed by atoms with van der Waals surface area (Å²) < 4.78 is 0. The van der Waals surface area contributed by atoms with Crippen LogP contribution < -0.4 is 16.4 Å². The van der Waals surface area contributed by atoms with E-state index in [4.69, 9.17) is 11.5 Å². The third-order valence-corrected chi connectivity index (χ3v) is 3.79. The Kier molecular flexibility index (Phi) is 3.45. The third-order valence-electron chi connectivity index (χ3n) is 3.79. The van der Waals surface area contributed by atoms with E-state index in [1.54, 1.807) is 12.1 Å². The first-order chi connectivity index (χ1) is 8.50. The molecular weight excluding hydrogens is 226 g/mol. The zero-order chi connectivity index (χ0) is 13.3. The van der Waals surface area contributed by atoms with Crippen LogP contribution in [0.25, 0.3) is 0 Å². The second kappa shape index (κ2) is 4.88. The molecule has 1 aliphatic heterocycles. The minimum Gasteiger partial charge on any atom is -0.397 e. The molecule has 0 unspecified atom stereocenters. The molecule has 4 heteroatoms. The van der Waals surface area contributed by atoms with Gasteiger partial charge in [0.05, 0.1) is 11.4 Å². The fraction of sp³-hybridized carbons (Fsp3) is 0.500. The molecule has 18 heavy (non-hydrogen) atoms. The molecule has 2 rings (SSSR count). The quantitative estimate of drug-likeness (QED) is 0.786. The van der Waals surface area contributed by atoms with Crippen molar-refractivity contribution in [1.82, 2.24) is 0 Å². The Bertz CT molecular complexity index is 448. The van der Waals surface area contributed by atoms with Crippen molar-refractivity contribution in [2.45, 2.75) is 45.2 Å². The van der Waals surface area contributed by atoms with E-state index in [9.17, 15) is 4.79 Å². The number of piperidine rings is 1. The van der Waals surface area contributed by atoms with Crippen LogP contribution in [0.15, 0.2) is 18.2 Å². The number of anilines is 2. The van der Waals surface area contributed by atoms with Crippen molar-refractivity contribution in [3.8, 4) is 0 Å². The predicted octanol–water partition coefficient (Wildman–Crippen LogP) is 2.14. The molecule has 2 atom stereocenters. The number of nitrogen functional groups attached to an aromatic ring is 1. The van der Waals surface area contributed by atoms with Crippen molar-refractivity contribution in [2.24, 2.45) is 5.73 Å². The number of nitrogens with zero attached hydrogens (tertiary/aromatic N) is 1. The summed E-state index contributed by atoms with van der Waals surface area (Å²) >= 11 is 0. The van der Waals surface area contributed by atoms with Gasteiger partial charge in [0, 0.05) is 17.6 Å². The maximum absolute atomic E-state index is 11.3. The smallest absolute Gasteiger partial charge is 0.248 e. The first kappa shape index (κ1) is 12.7. The van der Waals surface area contributed by atoms with Crippen LogP contribution in [0, 0.1) is 0 Å². The third kappa shape index (κ3) is 2.28.